The molecule has 0 radical (unpaired) electrons. The minimum absolute atomic E-state index is 0.0794. The van der Waals surface area contributed by atoms with Gasteiger partial charge in [0.2, 0.25) is 15.9 Å². The van der Waals surface area contributed by atoms with Crippen LogP contribution in [-0.2, 0) is 24.3 Å². The van der Waals surface area contributed by atoms with Crippen LogP contribution in [0.2, 0.25) is 9.36 Å². The normalized spacial score (nSPS) is 15.2. The van der Waals surface area contributed by atoms with E-state index in [1.54, 1.807) is 0 Å². The molecule has 1 saturated heterocycles. The third-order valence-corrected chi connectivity index (χ3v) is 8.17. The van der Waals surface area contributed by atoms with Gasteiger partial charge in [0.15, 0.2) is 0 Å². The quantitative estimate of drug-likeness (QED) is 0.486. The number of methoxy groups -OCH3 is 1. The lowest BCUT2D eigenvalue weighted by molar-refractivity contribution is -0.142. The van der Waals surface area contributed by atoms with E-state index in [1.807, 2.05) is 0 Å². The number of rotatable bonds is 8. The van der Waals surface area contributed by atoms with Crippen LogP contribution in [0, 0.1) is 5.82 Å². The highest BCUT2D eigenvalue weighted by molar-refractivity contribution is 7.89. The van der Waals surface area contributed by atoms with Crippen molar-refractivity contribution in [2.45, 2.75) is 30.2 Å². The summed E-state index contributed by atoms with van der Waals surface area (Å²) in [5, 5.41) is 2.05. The molecule has 0 spiro atoms. The summed E-state index contributed by atoms with van der Waals surface area (Å²) < 4.78 is 47.6. The zero-order valence-corrected chi connectivity index (χ0v) is 20.9. The number of hydrogen-bond donors (Lipinski definition) is 2. The fourth-order valence-electron chi connectivity index (χ4n) is 3.29. The van der Waals surface area contributed by atoms with Gasteiger partial charge in [-0.3, -0.25) is 14.4 Å². The van der Waals surface area contributed by atoms with Gasteiger partial charge in [-0.2, -0.15) is 4.72 Å². The van der Waals surface area contributed by atoms with Gasteiger partial charge in [0.25, 0.3) is 5.91 Å². The van der Waals surface area contributed by atoms with E-state index < -0.39 is 45.2 Å². The zero-order valence-electron chi connectivity index (χ0n) is 17.8. The van der Waals surface area contributed by atoms with E-state index in [9.17, 15) is 27.2 Å². The Morgan fingerprint density at radius 2 is 2.00 bits per heavy atom. The molecule has 0 bridgehead atoms. The highest BCUT2D eigenvalue weighted by atomic mass is 35.5. The molecule has 2 amide bonds. The molecule has 1 atom stereocenters. The standard InChI is InChI=1S/C20H20Cl2FN3O6S2/c1-32-20(29)12(10-24-19(28)14-5-6-16(21)33-14)25-34(30,31)15-9-11(23)8-13(18(15)22)26-7-3-2-4-17(26)27/h5-6,8-9,12,25H,2-4,7,10H2,1H3,(H,24,28). The summed E-state index contributed by atoms with van der Waals surface area (Å²) in [6.07, 6.45) is 1.55. The highest BCUT2D eigenvalue weighted by Gasteiger charge is 2.32. The summed E-state index contributed by atoms with van der Waals surface area (Å²) in [6, 6.07) is 3.10. The van der Waals surface area contributed by atoms with E-state index in [0.717, 1.165) is 24.5 Å². The number of nitrogens with one attached hydrogen (secondary N) is 2. The van der Waals surface area contributed by atoms with Crippen molar-refractivity contribution in [2.75, 3.05) is 25.1 Å². The first kappa shape index (κ1) is 26.4. The summed E-state index contributed by atoms with van der Waals surface area (Å²) >= 11 is 13.1. The zero-order chi connectivity index (χ0) is 25.0. The second kappa shape index (κ2) is 11.0. The lowest BCUT2D eigenvalue weighted by Crippen LogP contribution is -2.48. The largest absolute Gasteiger partial charge is 0.468 e. The van der Waals surface area contributed by atoms with Crippen molar-refractivity contribution < 1.29 is 31.9 Å². The lowest BCUT2D eigenvalue weighted by atomic mass is 10.1. The number of anilines is 1. The monoisotopic (exact) mass is 551 g/mol. The van der Waals surface area contributed by atoms with Crippen LogP contribution in [0.15, 0.2) is 29.2 Å². The fraction of sp³-hybridized carbons (Fsp3) is 0.350. The number of benzene rings is 1. The average molecular weight is 552 g/mol. The third kappa shape index (κ3) is 6.05. The van der Waals surface area contributed by atoms with Gasteiger partial charge >= 0.3 is 5.97 Å². The smallest absolute Gasteiger partial charge is 0.325 e. The van der Waals surface area contributed by atoms with Gasteiger partial charge in [-0.15, -0.1) is 11.3 Å². The van der Waals surface area contributed by atoms with Crippen LogP contribution in [0.5, 0.6) is 0 Å². The molecule has 34 heavy (non-hydrogen) atoms. The molecule has 1 fully saturated rings. The number of esters is 1. The van der Waals surface area contributed by atoms with Crippen molar-refractivity contribution in [3.63, 3.8) is 0 Å². The Morgan fingerprint density at radius 3 is 2.62 bits per heavy atom. The molecule has 0 aliphatic carbocycles. The molecule has 2 heterocycles. The van der Waals surface area contributed by atoms with Gasteiger partial charge < -0.3 is 15.0 Å². The molecule has 1 unspecified atom stereocenters. The highest BCUT2D eigenvalue weighted by Crippen LogP contribution is 2.35. The number of ether oxygens (including phenoxy) is 1. The number of halogens is 3. The van der Waals surface area contributed by atoms with Crippen LogP contribution in [0.3, 0.4) is 0 Å². The Balaban J connectivity index is 1.86. The van der Waals surface area contributed by atoms with Crippen molar-refractivity contribution in [1.29, 1.82) is 0 Å². The maximum absolute atomic E-state index is 14.4. The topological polar surface area (TPSA) is 122 Å². The molecule has 184 valence electrons. The van der Waals surface area contributed by atoms with E-state index >= 15 is 0 Å². The van der Waals surface area contributed by atoms with Gasteiger partial charge in [-0.1, -0.05) is 23.2 Å². The Hall–Kier alpha value is -2.25. The molecule has 1 aromatic heterocycles. The van der Waals surface area contributed by atoms with Gasteiger partial charge in [-0.25, -0.2) is 12.8 Å². The van der Waals surface area contributed by atoms with Crippen molar-refractivity contribution >= 4 is 68.0 Å². The molecule has 1 aliphatic heterocycles. The third-order valence-electron chi connectivity index (χ3n) is 4.94. The summed E-state index contributed by atoms with van der Waals surface area (Å²) in [5.74, 6) is -2.82. The van der Waals surface area contributed by atoms with Crippen LogP contribution >= 0.6 is 34.5 Å². The molecule has 9 nitrogen and oxygen atoms in total. The van der Waals surface area contributed by atoms with Crippen molar-refractivity contribution in [2.24, 2.45) is 0 Å². The van der Waals surface area contributed by atoms with Crippen molar-refractivity contribution in [3.8, 4) is 0 Å². The van der Waals surface area contributed by atoms with Gasteiger partial charge in [-0.05, 0) is 37.1 Å². The van der Waals surface area contributed by atoms with Gasteiger partial charge in [0, 0.05) is 19.5 Å². The van der Waals surface area contributed by atoms with Crippen molar-refractivity contribution in [1.82, 2.24) is 10.0 Å². The van der Waals surface area contributed by atoms with Crippen LogP contribution < -0.4 is 14.9 Å². The Labute approximate surface area is 209 Å². The SMILES string of the molecule is COC(=O)C(CNC(=O)c1ccc(Cl)s1)NS(=O)(=O)c1cc(F)cc(N2CCCCC2=O)c1Cl. The van der Waals surface area contributed by atoms with Crippen LogP contribution in [0.4, 0.5) is 10.1 Å². The summed E-state index contributed by atoms with van der Waals surface area (Å²) in [5.41, 5.74) is -0.0794. The molecule has 14 heteroatoms. The molecule has 2 N–H and O–H groups in total. The maximum Gasteiger partial charge on any atom is 0.325 e. The number of amides is 2. The number of carbonyl (C=O) groups is 3. The second-order valence-electron chi connectivity index (χ2n) is 7.25. The first-order valence-electron chi connectivity index (χ1n) is 9.96. The molecular formula is C20H20Cl2FN3O6S2. The van der Waals surface area contributed by atoms with Crippen LogP contribution in [-0.4, -0.2) is 52.4 Å². The van der Waals surface area contributed by atoms with E-state index in [2.05, 4.69) is 14.8 Å². The Morgan fingerprint density at radius 1 is 1.26 bits per heavy atom. The predicted octanol–water partition coefficient (Wildman–Crippen LogP) is 2.96. The Bertz CT molecular complexity index is 1220. The minimum atomic E-state index is -4.59. The first-order valence-corrected chi connectivity index (χ1v) is 13.0. The molecule has 3 rings (SSSR count). The Kier molecular flexibility index (Phi) is 8.52. The number of piperidine rings is 1. The minimum Gasteiger partial charge on any atom is -0.468 e. The fourth-order valence-corrected chi connectivity index (χ4v) is 6.05. The average Bonchev–Trinajstić information content (AvgIpc) is 3.24. The molecule has 0 saturated carbocycles. The summed E-state index contributed by atoms with van der Waals surface area (Å²) in [4.78, 5) is 37.6. The molecule has 2 aromatic rings. The number of hydrogen-bond acceptors (Lipinski definition) is 7. The van der Waals surface area contributed by atoms with Crippen LogP contribution in [0.1, 0.15) is 28.9 Å². The molecular weight excluding hydrogens is 532 g/mol. The summed E-state index contributed by atoms with van der Waals surface area (Å²) in [6.45, 7) is -0.205. The van der Waals surface area contributed by atoms with Gasteiger partial charge in [0.1, 0.15) is 16.8 Å². The lowest BCUT2D eigenvalue weighted by Gasteiger charge is -2.28. The van der Waals surface area contributed by atoms with E-state index in [1.165, 1.54) is 17.0 Å². The second-order valence-corrected chi connectivity index (χ2v) is 11.0. The number of sulfonamides is 1. The van der Waals surface area contributed by atoms with E-state index in [0.29, 0.717) is 23.2 Å². The first-order chi connectivity index (χ1) is 16.0. The summed E-state index contributed by atoms with van der Waals surface area (Å²) in [7, 11) is -3.54. The molecule has 1 aromatic carbocycles. The van der Waals surface area contributed by atoms with E-state index in [4.69, 9.17) is 23.2 Å². The van der Waals surface area contributed by atoms with E-state index in [-0.39, 0.29) is 34.5 Å². The predicted molar refractivity (Wildman–Crippen MR) is 125 cm³/mol. The maximum atomic E-state index is 14.4. The molecule has 1 aliphatic rings. The van der Waals surface area contributed by atoms with Gasteiger partial charge in [0.05, 0.1) is 27.0 Å². The number of carbonyl (C=O) groups excluding carboxylic acids is 3. The van der Waals surface area contributed by atoms with Crippen molar-refractivity contribution in [3.05, 3.63) is 44.3 Å². The number of nitrogens with zero attached hydrogens (tertiary/aromatic N) is 1. The number of thiophene rings is 1. The van der Waals surface area contributed by atoms with Crippen LogP contribution in [0.25, 0.3) is 0 Å².